The zero-order chi connectivity index (χ0) is 21.3. The van der Waals surface area contributed by atoms with Crippen molar-refractivity contribution in [1.82, 2.24) is 24.7 Å². The van der Waals surface area contributed by atoms with E-state index in [0.717, 1.165) is 34.5 Å². The Balaban J connectivity index is 1.86. The van der Waals surface area contributed by atoms with Crippen molar-refractivity contribution in [3.8, 4) is 17.1 Å². The normalized spacial score (nSPS) is 11.6. The van der Waals surface area contributed by atoms with Crippen molar-refractivity contribution in [2.75, 3.05) is 0 Å². The second-order valence-electron chi connectivity index (χ2n) is 7.01. The quantitative estimate of drug-likeness (QED) is 0.479. The summed E-state index contributed by atoms with van der Waals surface area (Å²) in [5, 5.41) is 4.59. The number of aryl methyl sites for hydroxylation is 2. The molecule has 0 fully saturated rings. The van der Waals surface area contributed by atoms with Crippen LogP contribution < -0.4 is 0 Å². The van der Waals surface area contributed by atoms with E-state index >= 15 is 0 Å². The highest BCUT2D eigenvalue weighted by Gasteiger charge is 2.31. The smallest absolute Gasteiger partial charge is 0.245 e. The Morgan fingerprint density at radius 3 is 2.27 bits per heavy atom. The van der Waals surface area contributed by atoms with Crippen molar-refractivity contribution >= 4 is 0 Å². The average molecular weight is 409 g/mol. The van der Waals surface area contributed by atoms with E-state index in [1.807, 2.05) is 32.0 Å². The summed E-state index contributed by atoms with van der Waals surface area (Å²) in [7, 11) is 0. The SMILES string of the molecule is Cc1cccc(C)c1-n1nc(-c2cccc(C(F)(F)F)c2)nc1Cc1cncnc1. The number of hydrogen-bond donors (Lipinski definition) is 0. The van der Waals surface area contributed by atoms with Gasteiger partial charge in [0.2, 0.25) is 0 Å². The average Bonchev–Trinajstić information content (AvgIpc) is 3.11. The van der Waals surface area contributed by atoms with Gasteiger partial charge in [0.1, 0.15) is 12.2 Å². The molecule has 30 heavy (non-hydrogen) atoms. The van der Waals surface area contributed by atoms with Crippen LogP contribution in [0.25, 0.3) is 17.1 Å². The highest BCUT2D eigenvalue weighted by Crippen LogP contribution is 2.32. The van der Waals surface area contributed by atoms with Crippen LogP contribution in [0.3, 0.4) is 0 Å². The lowest BCUT2D eigenvalue weighted by Crippen LogP contribution is -2.08. The number of halogens is 3. The van der Waals surface area contributed by atoms with Gasteiger partial charge >= 0.3 is 6.18 Å². The molecule has 2 aromatic carbocycles. The highest BCUT2D eigenvalue weighted by atomic mass is 19.4. The first-order valence-electron chi connectivity index (χ1n) is 9.27. The molecule has 0 aliphatic rings. The van der Waals surface area contributed by atoms with Gasteiger partial charge < -0.3 is 0 Å². The van der Waals surface area contributed by atoms with Crippen molar-refractivity contribution in [3.05, 3.63) is 89.3 Å². The van der Waals surface area contributed by atoms with Crippen LogP contribution in [-0.2, 0) is 12.6 Å². The van der Waals surface area contributed by atoms with E-state index in [9.17, 15) is 13.2 Å². The molecule has 0 atom stereocenters. The highest BCUT2D eigenvalue weighted by molar-refractivity contribution is 5.57. The van der Waals surface area contributed by atoms with Gasteiger partial charge in [0.15, 0.2) is 5.82 Å². The fourth-order valence-corrected chi connectivity index (χ4v) is 3.34. The lowest BCUT2D eigenvalue weighted by Gasteiger charge is -2.12. The molecule has 0 radical (unpaired) electrons. The van der Waals surface area contributed by atoms with Gasteiger partial charge in [-0.1, -0.05) is 30.3 Å². The molecular weight excluding hydrogens is 391 g/mol. The maximum atomic E-state index is 13.2. The molecule has 0 unspecified atom stereocenters. The van der Waals surface area contributed by atoms with Crippen LogP contribution in [0.5, 0.6) is 0 Å². The van der Waals surface area contributed by atoms with E-state index < -0.39 is 11.7 Å². The number of para-hydroxylation sites is 1. The third-order valence-electron chi connectivity index (χ3n) is 4.75. The maximum Gasteiger partial charge on any atom is 0.416 e. The number of hydrogen-bond acceptors (Lipinski definition) is 4. The van der Waals surface area contributed by atoms with E-state index in [1.54, 1.807) is 23.1 Å². The van der Waals surface area contributed by atoms with Crippen LogP contribution in [0.15, 0.2) is 61.2 Å². The van der Waals surface area contributed by atoms with Crippen molar-refractivity contribution in [1.29, 1.82) is 0 Å². The lowest BCUT2D eigenvalue weighted by molar-refractivity contribution is -0.137. The van der Waals surface area contributed by atoms with Crippen molar-refractivity contribution in [2.24, 2.45) is 0 Å². The van der Waals surface area contributed by atoms with Gasteiger partial charge in [-0.3, -0.25) is 0 Å². The van der Waals surface area contributed by atoms with Crippen LogP contribution in [0.1, 0.15) is 28.1 Å². The first-order chi connectivity index (χ1) is 14.3. The van der Waals surface area contributed by atoms with Crippen LogP contribution in [0.4, 0.5) is 13.2 Å². The van der Waals surface area contributed by atoms with E-state index in [-0.39, 0.29) is 5.82 Å². The summed E-state index contributed by atoms with van der Waals surface area (Å²) >= 11 is 0. The molecule has 4 aromatic rings. The van der Waals surface area contributed by atoms with Gasteiger partial charge in [-0.2, -0.15) is 13.2 Å². The van der Waals surface area contributed by atoms with Crippen molar-refractivity contribution < 1.29 is 13.2 Å². The van der Waals surface area contributed by atoms with Gasteiger partial charge in [0.05, 0.1) is 11.3 Å². The summed E-state index contributed by atoms with van der Waals surface area (Å²) in [5.41, 5.74) is 3.23. The van der Waals surface area contributed by atoms with Gasteiger partial charge in [-0.05, 0) is 42.7 Å². The van der Waals surface area contributed by atoms with Crippen LogP contribution >= 0.6 is 0 Å². The van der Waals surface area contributed by atoms with Crippen LogP contribution in [-0.4, -0.2) is 24.7 Å². The molecular formula is C22H18F3N5. The molecule has 0 saturated carbocycles. The molecule has 0 amide bonds. The number of aromatic nitrogens is 5. The maximum absolute atomic E-state index is 13.2. The number of rotatable bonds is 4. The van der Waals surface area contributed by atoms with E-state index in [4.69, 9.17) is 0 Å². The minimum absolute atomic E-state index is 0.232. The Kier molecular flexibility index (Phi) is 5.07. The Bertz CT molecular complexity index is 1160. The number of benzene rings is 2. The summed E-state index contributed by atoms with van der Waals surface area (Å²) in [4.78, 5) is 12.6. The Morgan fingerprint density at radius 1 is 0.933 bits per heavy atom. The summed E-state index contributed by atoms with van der Waals surface area (Å²) in [6, 6.07) is 10.9. The minimum atomic E-state index is -4.44. The molecule has 0 aliphatic heterocycles. The Labute approximate surface area is 171 Å². The number of alkyl halides is 3. The zero-order valence-electron chi connectivity index (χ0n) is 16.4. The molecule has 4 rings (SSSR count). The summed E-state index contributed by atoms with van der Waals surface area (Å²) < 4.78 is 41.2. The molecule has 2 heterocycles. The molecule has 0 spiro atoms. The molecule has 2 aromatic heterocycles. The zero-order valence-corrected chi connectivity index (χ0v) is 16.4. The first kappa shape index (κ1) is 19.8. The van der Waals surface area contributed by atoms with Crippen LogP contribution in [0.2, 0.25) is 0 Å². The molecule has 0 bridgehead atoms. The topological polar surface area (TPSA) is 56.5 Å². The standard InChI is InChI=1S/C22H18F3N5/c1-14-5-3-6-15(2)20(14)30-19(9-16-11-26-13-27-12-16)28-21(29-30)17-7-4-8-18(10-17)22(23,24)25/h3-8,10-13H,9H2,1-2H3. The van der Waals surface area contributed by atoms with Crippen molar-refractivity contribution in [3.63, 3.8) is 0 Å². The minimum Gasteiger partial charge on any atom is -0.245 e. The van der Waals surface area contributed by atoms with E-state index in [0.29, 0.717) is 17.8 Å². The van der Waals surface area contributed by atoms with E-state index in [1.165, 1.54) is 12.4 Å². The predicted octanol–water partition coefficient (Wildman–Crippen LogP) is 4.95. The van der Waals surface area contributed by atoms with Gasteiger partial charge in [-0.15, -0.1) is 5.10 Å². The fraction of sp³-hybridized carbons (Fsp3) is 0.182. The molecule has 0 saturated heterocycles. The molecule has 0 aliphatic carbocycles. The molecule has 152 valence electrons. The second kappa shape index (κ2) is 7.70. The Hall–Kier alpha value is -3.55. The lowest BCUT2D eigenvalue weighted by atomic mass is 10.1. The number of nitrogens with zero attached hydrogens (tertiary/aromatic N) is 5. The second-order valence-corrected chi connectivity index (χ2v) is 7.01. The third-order valence-corrected chi connectivity index (χ3v) is 4.75. The van der Waals surface area contributed by atoms with Gasteiger partial charge in [0.25, 0.3) is 0 Å². The third kappa shape index (κ3) is 3.94. The monoisotopic (exact) mass is 409 g/mol. The van der Waals surface area contributed by atoms with E-state index in [2.05, 4.69) is 20.1 Å². The predicted molar refractivity (Wildman–Crippen MR) is 106 cm³/mol. The van der Waals surface area contributed by atoms with Crippen LogP contribution in [0, 0.1) is 13.8 Å². The summed E-state index contributed by atoms with van der Waals surface area (Å²) in [6.07, 6.45) is 0.755. The molecule has 5 nitrogen and oxygen atoms in total. The van der Waals surface area contributed by atoms with Crippen molar-refractivity contribution in [2.45, 2.75) is 26.4 Å². The Morgan fingerprint density at radius 2 is 1.60 bits per heavy atom. The molecule has 8 heteroatoms. The van der Waals surface area contributed by atoms with Gasteiger partial charge in [-0.25, -0.2) is 19.6 Å². The summed E-state index contributed by atoms with van der Waals surface area (Å²) in [6.45, 7) is 3.92. The molecule has 0 N–H and O–H groups in total. The fourth-order valence-electron chi connectivity index (χ4n) is 3.34. The summed E-state index contributed by atoms with van der Waals surface area (Å²) in [5.74, 6) is 0.824. The largest absolute Gasteiger partial charge is 0.416 e. The van der Waals surface area contributed by atoms with Gasteiger partial charge in [0, 0.05) is 24.4 Å². The first-order valence-corrected chi connectivity index (χ1v) is 9.27.